The van der Waals surface area contributed by atoms with Gasteiger partial charge in [0.15, 0.2) is 6.10 Å². The highest BCUT2D eigenvalue weighted by Crippen LogP contribution is 2.36. The number of nitrogens with zero attached hydrogens (tertiary/aromatic N) is 2. The van der Waals surface area contributed by atoms with E-state index in [0.717, 1.165) is 22.5 Å². The van der Waals surface area contributed by atoms with Crippen LogP contribution in [0.5, 0.6) is 0 Å². The zero-order valence-corrected chi connectivity index (χ0v) is 19.5. The van der Waals surface area contributed by atoms with E-state index in [1.54, 1.807) is 37.4 Å². The monoisotopic (exact) mass is 498 g/mol. The minimum Gasteiger partial charge on any atom is -0.452 e. The Morgan fingerprint density at radius 1 is 1.03 bits per heavy atom. The van der Waals surface area contributed by atoms with E-state index in [2.05, 4.69) is 0 Å². The Kier molecular flexibility index (Phi) is 7.67. The molecule has 0 aliphatic carbocycles. The number of alkyl halides is 3. The molecule has 0 aromatic heterocycles. The van der Waals surface area contributed by atoms with Gasteiger partial charge in [-0.05, 0) is 44.0 Å². The minimum atomic E-state index is -4.82. The zero-order chi connectivity index (χ0) is 25.1. The van der Waals surface area contributed by atoms with Gasteiger partial charge in [0.25, 0.3) is 5.91 Å². The Morgan fingerprint density at radius 2 is 1.59 bits per heavy atom. The standard InChI is InChI=1S/C23H25F3N2O5S/c1-16(21(29)27(2)18-8-4-3-5-9-18)33-22(30)17-12-14-28(15-13-17)34(31,32)20-11-7-6-10-19(20)23(24,25)26/h3-11,16-17H,12-15H2,1-2H3. The van der Waals surface area contributed by atoms with Crippen LogP contribution < -0.4 is 4.90 Å². The van der Waals surface area contributed by atoms with Gasteiger partial charge in [0, 0.05) is 25.8 Å². The molecule has 1 aliphatic rings. The molecule has 0 spiro atoms. The summed E-state index contributed by atoms with van der Waals surface area (Å²) < 4.78 is 71.9. The summed E-state index contributed by atoms with van der Waals surface area (Å²) in [5.41, 5.74) is -0.598. The van der Waals surface area contributed by atoms with Gasteiger partial charge in [-0.15, -0.1) is 0 Å². The Morgan fingerprint density at radius 3 is 2.18 bits per heavy atom. The normalized spacial score (nSPS) is 16.6. The molecule has 1 aliphatic heterocycles. The second kappa shape index (κ2) is 10.1. The lowest BCUT2D eigenvalue weighted by Crippen LogP contribution is -2.43. The number of carbonyl (C=O) groups is 2. The molecular weight excluding hydrogens is 473 g/mol. The number of halogens is 3. The Hall–Kier alpha value is -2.92. The van der Waals surface area contributed by atoms with Crippen molar-refractivity contribution in [1.82, 2.24) is 4.31 Å². The number of amides is 1. The molecule has 1 heterocycles. The van der Waals surface area contributed by atoms with Crippen LogP contribution in [-0.4, -0.2) is 50.8 Å². The van der Waals surface area contributed by atoms with Crippen molar-refractivity contribution in [2.75, 3.05) is 25.0 Å². The number of sulfonamides is 1. The third-order valence-electron chi connectivity index (χ3n) is 5.71. The van der Waals surface area contributed by atoms with Crippen molar-refractivity contribution < 1.29 is 35.9 Å². The van der Waals surface area contributed by atoms with E-state index in [-0.39, 0.29) is 25.9 Å². The van der Waals surface area contributed by atoms with Crippen molar-refractivity contribution in [3.8, 4) is 0 Å². The molecule has 34 heavy (non-hydrogen) atoms. The average molecular weight is 499 g/mol. The number of hydrogen-bond donors (Lipinski definition) is 0. The Balaban J connectivity index is 1.61. The lowest BCUT2D eigenvalue weighted by Gasteiger charge is -2.31. The minimum absolute atomic E-state index is 0.0711. The maximum absolute atomic E-state index is 13.3. The largest absolute Gasteiger partial charge is 0.452 e. The van der Waals surface area contributed by atoms with E-state index in [0.29, 0.717) is 5.69 Å². The second-order valence-corrected chi connectivity index (χ2v) is 9.89. The maximum atomic E-state index is 13.3. The molecule has 0 saturated carbocycles. The fourth-order valence-corrected chi connectivity index (χ4v) is 5.45. The van der Waals surface area contributed by atoms with Crippen LogP contribution in [0.1, 0.15) is 25.3 Å². The van der Waals surface area contributed by atoms with Gasteiger partial charge >= 0.3 is 12.1 Å². The predicted octanol–water partition coefficient (Wildman–Crippen LogP) is 3.70. The molecule has 11 heteroatoms. The van der Waals surface area contributed by atoms with Crippen LogP contribution in [0.25, 0.3) is 0 Å². The Bertz CT molecular complexity index is 1130. The molecule has 184 valence electrons. The third kappa shape index (κ3) is 5.58. The summed E-state index contributed by atoms with van der Waals surface area (Å²) >= 11 is 0. The van der Waals surface area contributed by atoms with Gasteiger partial charge in [-0.25, -0.2) is 8.42 Å². The number of para-hydroxylation sites is 1. The third-order valence-corrected chi connectivity index (χ3v) is 7.67. The van der Waals surface area contributed by atoms with E-state index in [9.17, 15) is 31.2 Å². The van der Waals surface area contributed by atoms with Crippen molar-refractivity contribution in [2.24, 2.45) is 5.92 Å². The molecule has 1 saturated heterocycles. The summed E-state index contributed by atoms with van der Waals surface area (Å²) in [5, 5.41) is 0. The molecule has 0 bridgehead atoms. The number of rotatable bonds is 6. The Labute approximate surface area is 196 Å². The maximum Gasteiger partial charge on any atom is 0.417 e. The number of esters is 1. The molecule has 1 fully saturated rings. The summed E-state index contributed by atoms with van der Waals surface area (Å²) in [4.78, 5) is 25.7. The van der Waals surface area contributed by atoms with Crippen LogP contribution in [0.2, 0.25) is 0 Å². The van der Waals surface area contributed by atoms with Crippen LogP contribution in [0.15, 0.2) is 59.5 Å². The van der Waals surface area contributed by atoms with Gasteiger partial charge in [0.05, 0.1) is 16.4 Å². The van der Waals surface area contributed by atoms with Crippen molar-refractivity contribution in [2.45, 2.75) is 36.9 Å². The highest BCUT2D eigenvalue weighted by atomic mass is 32.2. The second-order valence-electron chi connectivity index (χ2n) is 7.98. The van der Waals surface area contributed by atoms with Crippen molar-refractivity contribution in [1.29, 1.82) is 0 Å². The molecule has 2 aromatic rings. The summed E-state index contributed by atoms with van der Waals surface area (Å²) in [6.45, 7) is 1.18. The molecule has 0 N–H and O–H groups in total. The summed E-state index contributed by atoms with van der Waals surface area (Å²) in [6.07, 6.45) is -5.73. The summed E-state index contributed by atoms with van der Waals surface area (Å²) in [5.74, 6) is -1.74. The van der Waals surface area contributed by atoms with Gasteiger partial charge < -0.3 is 9.64 Å². The van der Waals surface area contributed by atoms with E-state index < -0.39 is 50.6 Å². The summed E-state index contributed by atoms with van der Waals surface area (Å²) in [7, 11) is -2.84. The number of piperidine rings is 1. The van der Waals surface area contributed by atoms with Crippen molar-refractivity contribution in [3.63, 3.8) is 0 Å². The number of hydrogen-bond acceptors (Lipinski definition) is 5. The smallest absolute Gasteiger partial charge is 0.417 e. The zero-order valence-electron chi connectivity index (χ0n) is 18.7. The first-order valence-electron chi connectivity index (χ1n) is 10.6. The van der Waals surface area contributed by atoms with Crippen LogP contribution in [0, 0.1) is 5.92 Å². The molecule has 1 atom stereocenters. The van der Waals surface area contributed by atoms with Crippen LogP contribution in [-0.2, 0) is 30.5 Å². The highest BCUT2D eigenvalue weighted by Gasteiger charge is 2.40. The topological polar surface area (TPSA) is 84.0 Å². The molecule has 0 radical (unpaired) electrons. The fraction of sp³-hybridized carbons (Fsp3) is 0.391. The molecule has 1 amide bonds. The molecular formula is C23H25F3N2O5S. The van der Waals surface area contributed by atoms with Gasteiger partial charge in [-0.2, -0.15) is 17.5 Å². The highest BCUT2D eigenvalue weighted by molar-refractivity contribution is 7.89. The average Bonchev–Trinajstić information content (AvgIpc) is 2.83. The quantitative estimate of drug-likeness (QED) is 0.567. The van der Waals surface area contributed by atoms with E-state index in [1.165, 1.54) is 17.9 Å². The fourth-order valence-electron chi connectivity index (χ4n) is 3.77. The molecule has 7 nitrogen and oxygen atoms in total. The van der Waals surface area contributed by atoms with Crippen LogP contribution in [0.3, 0.4) is 0 Å². The van der Waals surface area contributed by atoms with Crippen molar-refractivity contribution in [3.05, 3.63) is 60.2 Å². The molecule has 1 unspecified atom stereocenters. The van der Waals surface area contributed by atoms with Gasteiger partial charge in [-0.1, -0.05) is 30.3 Å². The lowest BCUT2D eigenvalue weighted by molar-refractivity contribution is -0.159. The number of benzene rings is 2. The SMILES string of the molecule is CC(OC(=O)C1CCN(S(=O)(=O)c2ccccc2C(F)(F)F)CC1)C(=O)N(C)c1ccccc1. The first-order valence-corrected chi connectivity index (χ1v) is 12.1. The number of carbonyl (C=O) groups excluding carboxylic acids is 2. The molecule has 3 rings (SSSR count). The number of likely N-dealkylation sites (N-methyl/N-ethyl adjacent to an activating group) is 1. The van der Waals surface area contributed by atoms with Gasteiger partial charge in [0.2, 0.25) is 10.0 Å². The van der Waals surface area contributed by atoms with E-state index in [1.807, 2.05) is 0 Å². The number of anilines is 1. The van der Waals surface area contributed by atoms with Crippen LogP contribution >= 0.6 is 0 Å². The number of ether oxygens (including phenoxy) is 1. The van der Waals surface area contributed by atoms with E-state index >= 15 is 0 Å². The predicted molar refractivity (Wildman–Crippen MR) is 118 cm³/mol. The van der Waals surface area contributed by atoms with Crippen molar-refractivity contribution >= 4 is 27.6 Å². The van der Waals surface area contributed by atoms with Gasteiger partial charge in [-0.3, -0.25) is 9.59 Å². The van der Waals surface area contributed by atoms with Gasteiger partial charge in [0.1, 0.15) is 0 Å². The summed E-state index contributed by atoms with van der Waals surface area (Å²) in [6, 6.07) is 12.8. The lowest BCUT2D eigenvalue weighted by atomic mass is 9.98. The molecule has 2 aromatic carbocycles. The first kappa shape index (κ1) is 25.7. The van der Waals surface area contributed by atoms with E-state index in [4.69, 9.17) is 4.74 Å². The first-order chi connectivity index (χ1) is 15.9. The van der Waals surface area contributed by atoms with Crippen LogP contribution in [0.4, 0.5) is 18.9 Å².